The largest absolute Gasteiger partial charge is 0.479 e. The average molecular weight is 348 g/mol. The molecule has 0 radical (unpaired) electrons. The molecule has 2 N–H and O–H groups in total. The fourth-order valence-electron chi connectivity index (χ4n) is 3.77. The van der Waals surface area contributed by atoms with Crippen LogP contribution in [-0.4, -0.2) is 55.9 Å². The van der Waals surface area contributed by atoms with E-state index in [9.17, 15) is 34.7 Å². The van der Waals surface area contributed by atoms with Crippen molar-refractivity contribution in [2.75, 3.05) is 0 Å². The summed E-state index contributed by atoms with van der Waals surface area (Å²) in [6.07, 6.45) is -0.841. The van der Waals surface area contributed by atoms with E-state index in [0.29, 0.717) is 5.56 Å². The summed E-state index contributed by atoms with van der Waals surface area (Å²) >= 11 is 0. The monoisotopic (exact) mass is 348 g/mol. The molecular weight excluding hydrogens is 332 g/mol. The Morgan fingerprint density at radius 2 is 1.92 bits per heavy atom. The zero-order valence-corrected chi connectivity index (χ0v) is 13.2. The summed E-state index contributed by atoms with van der Waals surface area (Å²) in [5, 5.41) is 29.8. The standard InChI is InChI=1S/C16H16N2O7/c1-7(19)11-12-10(6-8-2-4-9(5-3-8)18(24)25)14(20)13(16(22)23)17(12)15(11)21/h2-5,7,10-13,19H,6H2,1H3,(H,22,23)/t7-,10?,11-,12-,13?/m1/s1. The van der Waals surface area contributed by atoms with Crippen molar-refractivity contribution in [3.63, 3.8) is 0 Å². The second-order valence-corrected chi connectivity index (χ2v) is 6.38. The van der Waals surface area contributed by atoms with E-state index in [1.165, 1.54) is 31.2 Å². The molecular formula is C16H16N2O7. The van der Waals surface area contributed by atoms with Crippen LogP contribution in [0.1, 0.15) is 12.5 Å². The van der Waals surface area contributed by atoms with Crippen molar-refractivity contribution in [1.29, 1.82) is 0 Å². The van der Waals surface area contributed by atoms with Gasteiger partial charge < -0.3 is 15.1 Å². The van der Waals surface area contributed by atoms with Crippen molar-refractivity contribution in [1.82, 2.24) is 4.90 Å². The fourth-order valence-corrected chi connectivity index (χ4v) is 3.77. The Hall–Kier alpha value is -2.81. The number of β-lactam (4-membered cyclic amide) rings is 1. The van der Waals surface area contributed by atoms with Crippen LogP contribution < -0.4 is 0 Å². The predicted octanol–water partition coefficient (Wildman–Crippen LogP) is -0.00280. The number of amides is 1. The van der Waals surface area contributed by atoms with Gasteiger partial charge in [-0.05, 0) is 18.9 Å². The van der Waals surface area contributed by atoms with E-state index in [4.69, 9.17) is 0 Å². The van der Waals surface area contributed by atoms with Gasteiger partial charge in [0.1, 0.15) is 0 Å². The molecule has 9 heteroatoms. The van der Waals surface area contributed by atoms with Gasteiger partial charge in [0.15, 0.2) is 11.8 Å². The molecule has 0 aliphatic carbocycles. The van der Waals surface area contributed by atoms with Gasteiger partial charge in [0, 0.05) is 18.1 Å². The molecule has 2 heterocycles. The highest BCUT2D eigenvalue weighted by atomic mass is 16.6. The number of nitro benzene ring substituents is 1. The summed E-state index contributed by atoms with van der Waals surface area (Å²) in [4.78, 5) is 47.3. The van der Waals surface area contributed by atoms with Gasteiger partial charge in [-0.15, -0.1) is 0 Å². The van der Waals surface area contributed by atoms with E-state index in [1.54, 1.807) is 0 Å². The number of fused-ring (bicyclic) bond motifs is 1. The molecule has 25 heavy (non-hydrogen) atoms. The number of aliphatic carboxylic acids is 1. The molecule has 1 aromatic carbocycles. The summed E-state index contributed by atoms with van der Waals surface area (Å²) in [6, 6.07) is 3.41. The molecule has 9 nitrogen and oxygen atoms in total. The molecule has 2 saturated heterocycles. The van der Waals surface area contributed by atoms with Gasteiger partial charge >= 0.3 is 5.97 Å². The van der Waals surface area contributed by atoms with Crippen LogP contribution in [0.4, 0.5) is 5.69 Å². The summed E-state index contributed by atoms with van der Waals surface area (Å²) in [5.41, 5.74) is 0.533. The number of ketones is 1. The minimum absolute atomic E-state index is 0.0905. The van der Waals surface area contributed by atoms with Crippen molar-refractivity contribution < 1.29 is 29.5 Å². The number of benzene rings is 1. The van der Waals surface area contributed by atoms with Gasteiger partial charge in [-0.3, -0.25) is 19.7 Å². The smallest absolute Gasteiger partial charge is 0.334 e. The zero-order valence-electron chi connectivity index (χ0n) is 13.2. The minimum atomic E-state index is -1.53. The molecule has 0 aromatic heterocycles. The summed E-state index contributed by atoms with van der Waals surface area (Å²) in [5.74, 6) is -4.07. The fraction of sp³-hybridized carbons (Fsp3) is 0.438. The van der Waals surface area contributed by atoms with E-state index in [2.05, 4.69) is 0 Å². The third-order valence-corrected chi connectivity index (χ3v) is 4.91. The lowest BCUT2D eigenvalue weighted by Crippen LogP contribution is -2.66. The Kier molecular flexibility index (Phi) is 4.03. The molecule has 0 saturated carbocycles. The van der Waals surface area contributed by atoms with Crippen LogP contribution in [0.3, 0.4) is 0 Å². The van der Waals surface area contributed by atoms with E-state index < -0.39 is 52.6 Å². The summed E-state index contributed by atoms with van der Waals surface area (Å²) in [6.45, 7) is 1.43. The number of nitrogens with zero attached hydrogens (tertiary/aromatic N) is 2. The number of aliphatic hydroxyl groups is 1. The SMILES string of the molecule is C[C@@H](O)[C@H]1C(=O)N2C(C(=O)O)C(=O)C(Cc3ccc([N+](=O)[O-])cc3)[C@H]12. The molecule has 1 amide bonds. The first kappa shape index (κ1) is 17.0. The third-order valence-electron chi connectivity index (χ3n) is 4.91. The number of carboxylic acids is 1. The first-order valence-corrected chi connectivity index (χ1v) is 7.74. The maximum absolute atomic E-state index is 12.5. The van der Waals surface area contributed by atoms with Gasteiger partial charge in [-0.25, -0.2) is 4.79 Å². The predicted molar refractivity (Wildman–Crippen MR) is 82.5 cm³/mol. The lowest BCUT2D eigenvalue weighted by Gasteiger charge is -2.46. The highest BCUT2D eigenvalue weighted by Gasteiger charge is 2.65. The molecule has 3 rings (SSSR count). The second-order valence-electron chi connectivity index (χ2n) is 6.38. The number of carboxylic acid groups (broad SMARTS) is 1. The van der Waals surface area contributed by atoms with Crippen molar-refractivity contribution in [2.45, 2.75) is 31.5 Å². The number of carbonyl (C=O) groups excluding carboxylic acids is 2. The van der Waals surface area contributed by atoms with Crippen molar-refractivity contribution >= 4 is 23.3 Å². The molecule has 0 bridgehead atoms. The van der Waals surface area contributed by atoms with Gasteiger partial charge in [0.05, 0.1) is 23.0 Å². The second kappa shape index (κ2) is 5.92. The molecule has 2 aliphatic rings. The van der Waals surface area contributed by atoms with E-state index >= 15 is 0 Å². The number of hydrogen-bond donors (Lipinski definition) is 2. The highest BCUT2D eigenvalue weighted by Crippen LogP contribution is 2.44. The van der Waals surface area contributed by atoms with Gasteiger partial charge in [-0.2, -0.15) is 0 Å². The van der Waals surface area contributed by atoms with Crippen molar-refractivity contribution in [3.05, 3.63) is 39.9 Å². The molecule has 2 aliphatic heterocycles. The Labute approximate surface area is 142 Å². The molecule has 2 unspecified atom stereocenters. The van der Waals surface area contributed by atoms with Crippen LogP contribution in [-0.2, 0) is 20.8 Å². The number of rotatable bonds is 5. The average Bonchev–Trinajstić information content (AvgIpc) is 2.77. The molecule has 0 spiro atoms. The minimum Gasteiger partial charge on any atom is -0.479 e. The summed E-state index contributed by atoms with van der Waals surface area (Å²) < 4.78 is 0. The van der Waals surface area contributed by atoms with Crippen LogP contribution in [0.25, 0.3) is 0 Å². The first-order valence-electron chi connectivity index (χ1n) is 7.74. The van der Waals surface area contributed by atoms with Crippen LogP contribution in [0.2, 0.25) is 0 Å². The molecule has 132 valence electrons. The summed E-state index contributed by atoms with van der Waals surface area (Å²) in [7, 11) is 0. The highest BCUT2D eigenvalue weighted by molar-refractivity contribution is 6.12. The zero-order chi connectivity index (χ0) is 18.5. The van der Waals surface area contributed by atoms with Crippen molar-refractivity contribution in [3.8, 4) is 0 Å². The number of carbonyl (C=O) groups is 3. The lowest BCUT2D eigenvalue weighted by molar-refractivity contribution is -0.384. The number of non-ortho nitro benzene ring substituents is 1. The number of Topliss-reactive ketones (excluding diaryl/α,β-unsaturated/α-hetero) is 1. The third kappa shape index (κ3) is 2.56. The molecule has 2 fully saturated rings. The van der Waals surface area contributed by atoms with Gasteiger partial charge in [0.25, 0.3) is 5.69 Å². The maximum Gasteiger partial charge on any atom is 0.334 e. The van der Waals surface area contributed by atoms with Crippen LogP contribution >= 0.6 is 0 Å². The molecule has 5 atom stereocenters. The topological polar surface area (TPSA) is 138 Å². The van der Waals surface area contributed by atoms with E-state index in [-0.39, 0.29) is 12.1 Å². The lowest BCUT2D eigenvalue weighted by atomic mass is 9.76. The Morgan fingerprint density at radius 1 is 1.32 bits per heavy atom. The molecule has 1 aromatic rings. The quantitative estimate of drug-likeness (QED) is 0.330. The maximum atomic E-state index is 12.5. The van der Waals surface area contributed by atoms with E-state index in [0.717, 1.165) is 4.90 Å². The number of hydrogen-bond acceptors (Lipinski definition) is 6. The first-order chi connectivity index (χ1) is 11.7. The normalized spacial score (nSPS) is 29.1. The Morgan fingerprint density at radius 3 is 2.40 bits per heavy atom. The number of nitro groups is 1. The van der Waals surface area contributed by atoms with Gasteiger partial charge in [-0.1, -0.05) is 12.1 Å². The Bertz CT molecular complexity index is 758. The van der Waals surface area contributed by atoms with Crippen LogP contribution in [0, 0.1) is 22.0 Å². The van der Waals surface area contributed by atoms with Crippen LogP contribution in [0.15, 0.2) is 24.3 Å². The number of aliphatic hydroxyl groups excluding tert-OH is 1. The van der Waals surface area contributed by atoms with Gasteiger partial charge in [0.2, 0.25) is 5.91 Å². The van der Waals surface area contributed by atoms with Crippen molar-refractivity contribution in [2.24, 2.45) is 11.8 Å². The Balaban J connectivity index is 1.88. The van der Waals surface area contributed by atoms with E-state index in [1.807, 2.05) is 0 Å². The van der Waals surface area contributed by atoms with Crippen LogP contribution in [0.5, 0.6) is 0 Å².